The largest absolute Gasteiger partial charge is 0.465 e. The molecule has 1 heterocycles. The second kappa shape index (κ2) is 8.87. The zero-order valence-electron chi connectivity index (χ0n) is 18.6. The van der Waals surface area contributed by atoms with Crippen molar-refractivity contribution in [3.8, 4) is 11.1 Å². The molecule has 1 amide bonds. The summed E-state index contributed by atoms with van der Waals surface area (Å²) in [6, 6.07) is 15.5. The molecule has 31 heavy (non-hydrogen) atoms. The van der Waals surface area contributed by atoms with Crippen molar-refractivity contribution in [1.82, 2.24) is 9.47 Å². The van der Waals surface area contributed by atoms with E-state index in [1.165, 1.54) is 4.90 Å². The second-order valence-electron chi connectivity index (χ2n) is 9.23. The molecule has 3 aromatic rings. The molecule has 2 aromatic carbocycles. The average Bonchev–Trinajstić information content (AvgIpc) is 2.67. The maximum atomic E-state index is 13.6. The minimum atomic E-state index is -1.01. The third-order valence-electron chi connectivity index (χ3n) is 5.30. The predicted molar refractivity (Wildman–Crippen MR) is 130 cm³/mol. The smallest absolute Gasteiger partial charge is 0.408 e. The lowest BCUT2D eigenvalue weighted by atomic mass is 9.95. The number of hydrogen-bond acceptors (Lipinski definition) is 2. The van der Waals surface area contributed by atoms with Crippen LogP contribution in [0.2, 0.25) is 0 Å². The number of rotatable bonds is 5. The molecule has 0 saturated heterocycles. The standard InChI is InChI=1S/C25H29BrN2O3/c1-16(2)14-27-21(15-28(24(30)31)25(3,4)5)22(17-9-7-6-8-10-17)20-13-18(26)11-12-19(20)23(27)29/h6-13,16H,14-15H2,1-5H3,(H,30,31). The highest BCUT2D eigenvalue weighted by Gasteiger charge is 2.29. The number of halogens is 1. The number of carboxylic acid groups (broad SMARTS) is 1. The van der Waals surface area contributed by atoms with Gasteiger partial charge in [0.15, 0.2) is 0 Å². The molecule has 0 aliphatic heterocycles. The number of benzene rings is 2. The van der Waals surface area contributed by atoms with E-state index >= 15 is 0 Å². The number of hydrogen-bond donors (Lipinski definition) is 1. The van der Waals surface area contributed by atoms with Gasteiger partial charge in [0.05, 0.1) is 6.54 Å². The molecule has 1 N–H and O–H groups in total. The Labute approximate surface area is 191 Å². The van der Waals surface area contributed by atoms with Crippen molar-refractivity contribution in [2.24, 2.45) is 5.92 Å². The summed E-state index contributed by atoms with van der Waals surface area (Å²) in [5.74, 6) is 0.223. The third-order valence-corrected chi connectivity index (χ3v) is 5.79. The van der Waals surface area contributed by atoms with Gasteiger partial charge in [-0.1, -0.05) is 60.1 Å². The average molecular weight is 485 g/mol. The van der Waals surface area contributed by atoms with Crippen molar-refractivity contribution in [2.75, 3.05) is 0 Å². The van der Waals surface area contributed by atoms with E-state index in [-0.39, 0.29) is 18.0 Å². The van der Waals surface area contributed by atoms with E-state index in [2.05, 4.69) is 29.8 Å². The van der Waals surface area contributed by atoms with Crippen molar-refractivity contribution >= 4 is 32.8 Å². The van der Waals surface area contributed by atoms with E-state index in [1.54, 1.807) is 4.57 Å². The fraction of sp³-hybridized carbons (Fsp3) is 0.360. The van der Waals surface area contributed by atoms with E-state index in [9.17, 15) is 14.7 Å². The van der Waals surface area contributed by atoms with Crippen LogP contribution < -0.4 is 5.56 Å². The molecule has 0 fully saturated rings. The molecule has 0 aliphatic rings. The van der Waals surface area contributed by atoms with Gasteiger partial charge in [-0.05, 0) is 55.8 Å². The summed E-state index contributed by atoms with van der Waals surface area (Å²) < 4.78 is 2.64. The van der Waals surface area contributed by atoms with E-state index in [0.717, 1.165) is 21.0 Å². The highest BCUT2D eigenvalue weighted by molar-refractivity contribution is 9.10. The molecule has 0 bridgehead atoms. The van der Waals surface area contributed by atoms with Crippen LogP contribution in [0, 0.1) is 5.92 Å². The van der Waals surface area contributed by atoms with Gasteiger partial charge in [0, 0.05) is 33.2 Å². The van der Waals surface area contributed by atoms with Gasteiger partial charge in [0.25, 0.3) is 5.56 Å². The van der Waals surface area contributed by atoms with Crippen LogP contribution >= 0.6 is 15.9 Å². The lowest BCUT2D eigenvalue weighted by Gasteiger charge is -2.35. The number of amides is 1. The van der Waals surface area contributed by atoms with Crippen LogP contribution in [-0.2, 0) is 13.1 Å². The number of fused-ring (bicyclic) bond motifs is 1. The van der Waals surface area contributed by atoms with Crippen LogP contribution in [-0.4, -0.2) is 26.2 Å². The summed E-state index contributed by atoms with van der Waals surface area (Å²) in [7, 11) is 0. The Bertz CT molecular complexity index is 1160. The Balaban J connectivity index is 2.46. The van der Waals surface area contributed by atoms with E-state index < -0.39 is 11.6 Å². The first-order chi connectivity index (χ1) is 14.5. The minimum Gasteiger partial charge on any atom is -0.465 e. The normalized spacial score (nSPS) is 11.8. The van der Waals surface area contributed by atoms with Crippen molar-refractivity contribution in [2.45, 2.75) is 53.2 Å². The second-order valence-corrected chi connectivity index (χ2v) is 10.1. The maximum absolute atomic E-state index is 13.6. The first kappa shape index (κ1) is 23.1. The summed E-state index contributed by atoms with van der Waals surface area (Å²) in [5.41, 5.74) is 1.85. The van der Waals surface area contributed by atoms with Crippen LogP contribution in [0.3, 0.4) is 0 Å². The van der Waals surface area contributed by atoms with Crippen molar-refractivity contribution in [3.63, 3.8) is 0 Å². The van der Waals surface area contributed by atoms with E-state index in [4.69, 9.17) is 0 Å². The van der Waals surface area contributed by atoms with Crippen LogP contribution in [0.1, 0.15) is 40.3 Å². The molecular formula is C25H29BrN2O3. The highest BCUT2D eigenvalue weighted by Crippen LogP contribution is 2.34. The van der Waals surface area contributed by atoms with Crippen molar-refractivity contribution in [3.05, 3.63) is 69.1 Å². The van der Waals surface area contributed by atoms with Gasteiger partial charge in [-0.15, -0.1) is 0 Å². The van der Waals surface area contributed by atoms with Gasteiger partial charge >= 0.3 is 6.09 Å². The van der Waals surface area contributed by atoms with E-state index in [0.29, 0.717) is 17.6 Å². The van der Waals surface area contributed by atoms with Crippen molar-refractivity contribution < 1.29 is 9.90 Å². The Morgan fingerprint density at radius 2 is 1.74 bits per heavy atom. The molecule has 0 aliphatic carbocycles. The zero-order chi connectivity index (χ0) is 22.9. The summed E-state index contributed by atoms with van der Waals surface area (Å²) in [5, 5.41) is 11.4. The number of pyridine rings is 1. The zero-order valence-corrected chi connectivity index (χ0v) is 20.2. The molecule has 0 atom stereocenters. The van der Waals surface area contributed by atoms with Crippen LogP contribution in [0.4, 0.5) is 4.79 Å². The molecular weight excluding hydrogens is 456 g/mol. The summed E-state index contributed by atoms with van der Waals surface area (Å²) in [6.45, 7) is 10.3. The molecule has 0 unspecified atom stereocenters. The summed E-state index contributed by atoms with van der Waals surface area (Å²) in [4.78, 5) is 27.1. The maximum Gasteiger partial charge on any atom is 0.408 e. The monoisotopic (exact) mass is 484 g/mol. The molecule has 0 spiro atoms. The van der Waals surface area contributed by atoms with E-state index in [1.807, 2.05) is 69.3 Å². The molecule has 6 heteroatoms. The highest BCUT2D eigenvalue weighted by atomic mass is 79.9. The topological polar surface area (TPSA) is 62.5 Å². The molecule has 5 nitrogen and oxygen atoms in total. The first-order valence-electron chi connectivity index (χ1n) is 10.4. The minimum absolute atomic E-state index is 0.0925. The SMILES string of the molecule is CC(C)Cn1c(CN(C(=O)O)C(C)(C)C)c(-c2ccccc2)c2cc(Br)ccc2c1=O. The van der Waals surface area contributed by atoms with Gasteiger partial charge in [-0.2, -0.15) is 0 Å². The Kier molecular flexibility index (Phi) is 6.60. The number of carbonyl (C=O) groups is 1. The molecule has 164 valence electrons. The van der Waals surface area contributed by atoms with Gasteiger partial charge in [-0.25, -0.2) is 4.79 Å². The summed E-state index contributed by atoms with van der Waals surface area (Å²) in [6.07, 6.45) is -1.01. The molecule has 1 aromatic heterocycles. The van der Waals surface area contributed by atoms with Crippen LogP contribution in [0.5, 0.6) is 0 Å². The van der Waals surface area contributed by atoms with Gasteiger partial charge < -0.3 is 9.67 Å². The Morgan fingerprint density at radius 3 is 2.29 bits per heavy atom. The molecule has 0 radical (unpaired) electrons. The lowest BCUT2D eigenvalue weighted by Crippen LogP contribution is -2.45. The fourth-order valence-electron chi connectivity index (χ4n) is 3.86. The number of nitrogens with zero attached hydrogens (tertiary/aromatic N) is 2. The molecule has 3 rings (SSSR count). The van der Waals surface area contributed by atoms with Crippen LogP contribution in [0.15, 0.2) is 57.8 Å². The third kappa shape index (κ3) is 4.85. The summed E-state index contributed by atoms with van der Waals surface area (Å²) >= 11 is 3.54. The first-order valence-corrected chi connectivity index (χ1v) is 11.2. The Morgan fingerprint density at radius 1 is 1.10 bits per heavy atom. The number of aromatic nitrogens is 1. The van der Waals surface area contributed by atoms with Gasteiger partial charge in [0.2, 0.25) is 0 Å². The van der Waals surface area contributed by atoms with Crippen molar-refractivity contribution in [1.29, 1.82) is 0 Å². The van der Waals surface area contributed by atoms with Gasteiger partial charge in [0.1, 0.15) is 0 Å². The Hall–Kier alpha value is -2.60. The lowest BCUT2D eigenvalue weighted by molar-refractivity contribution is 0.0937. The predicted octanol–water partition coefficient (Wildman–Crippen LogP) is 6.37. The quantitative estimate of drug-likeness (QED) is 0.457. The van der Waals surface area contributed by atoms with Crippen LogP contribution in [0.25, 0.3) is 21.9 Å². The fourth-order valence-corrected chi connectivity index (χ4v) is 4.22. The van der Waals surface area contributed by atoms with Gasteiger partial charge in [-0.3, -0.25) is 9.69 Å². The molecule has 0 saturated carbocycles.